The normalized spacial score (nSPS) is 12.1. The summed E-state index contributed by atoms with van der Waals surface area (Å²) in [6.45, 7) is 1.46. The van der Waals surface area contributed by atoms with Crippen molar-refractivity contribution in [1.29, 1.82) is 0 Å². The Morgan fingerprint density at radius 2 is 1.57 bits per heavy atom. The Hall–Kier alpha value is -0.476. The largest absolute Gasteiger partial charge is 0.529 e. The molecule has 1 N–H and O–H groups in total. The van der Waals surface area contributed by atoms with E-state index in [0.717, 1.165) is 0 Å². The van der Waals surface area contributed by atoms with E-state index in [1.165, 1.54) is 34.0 Å². The van der Waals surface area contributed by atoms with Gasteiger partial charge in [-0.3, -0.25) is 0 Å². The van der Waals surface area contributed by atoms with Crippen molar-refractivity contribution >= 4 is 25.7 Å². The lowest BCUT2D eigenvalue weighted by atomic mass is 10.4. The second-order valence-corrected chi connectivity index (χ2v) is 5.07. The molecule has 84 valence electrons. The fourth-order valence-corrected chi connectivity index (χ4v) is 2.26. The smallest absolute Gasteiger partial charge is 0.478 e. The first-order chi connectivity index (χ1) is 6.01. The maximum Gasteiger partial charge on any atom is 0.529 e. The third kappa shape index (κ3) is 4.16. The van der Waals surface area contributed by atoms with Crippen LogP contribution in [0.15, 0.2) is 11.3 Å². The molecule has 0 spiro atoms. The predicted octanol–water partition coefficient (Wildman–Crippen LogP) is -1.02. The Balaban J connectivity index is 0. The average molecular weight is 238 g/mol. The maximum absolute atomic E-state index is 10.5. The molecule has 0 fully saturated rings. The molecule has 0 saturated carbocycles. The van der Waals surface area contributed by atoms with Gasteiger partial charge in [-0.25, -0.2) is 4.79 Å². The summed E-state index contributed by atoms with van der Waals surface area (Å²) in [5, 5.41) is 8.62. The summed E-state index contributed by atoms with van der Waals surface area (Å²) < 4.78 is 15.0. The minimum atomic E-state index is -2.89. The monoisotopic (exact) mass is 238 g/mol. The van der Waals surface area contributed by atoms with E-state index in [-0.39, 0.29) is 16.5 Å². The fourth-order valence-electron chi connectivity index (χ4n) is 0.754. The third-order valence-corrected chi connectivity index (χ3v) is 4.08. The molecule has 0 aliphatic rings. The van der Waals surface area contributed by atoms with Crippen LogP contribution in [0.3, 0.4) is 0 Å². The van der Waals surface area contributed by atoms with Crippen molar-refractivity contribution in [1.82, 2.24) is 0 Å². The molecule has 0 heterocycles. The molecule has 0 aromatic carbocycles. The van der Waals surface area contributed by atoms with E-state index >= 15 is 0 Å². The number of carboxylic acids is 1. The van der Waals surface area contributed by atoms with Gasteiger partial charge in [-0.15, -0.1) is 0 Å². The molecular formula is C7H18O5Si2. The molecule has 0 aliphatic heterocycles. The van der Waals surface area contributed by atoms with Crippen molar-refractivity contribution in [3.05, 3.63) is 11.3 Å². The highest BCUT2D eigenvalue weighted by Gasteiger charge is 2.36. The Bertz CT molecular complexity index is 204. The van der Waals surface area contributed by atoms with E-state index in [9.17, 15) is 4.79 Å². The lowest BCUT2D eigenvalue weighted by Gasteiger charge is -2.20. The topological polar surface area (TPSA) is 65.0 Å². The van der Waals surface area contributed by atoms with Gasteiger partial charge in [-0.1, -0.05) is 0 Å². The fraction of sp³-hybridized carbons (Fsp3) is 0.571. The van der Waals surface area contributed by atoms with Crippen LogP contribution >= 0.6 is 0 Å². The van der Waals surface area contributed by atoms with Gasteiger partial charge in [0.25, 0.3) is 0 Å². The van der Waals surface area contributed by atoms with Gasteiger partial charge in [-0.05, 0) is 23.6 Å². The number of carboxylic acid groups (broad SMARTS) is 1. The number of carbonyl (C=O) groups is 1. The number of hydrogen-bond acceptors (Lipinski definition) is 4. The molecule has 0 amide bonds. The second kappa shape index (κ2) is 6.90. The molecule has 0 rings (SSSR count). The lowest BCUT2D eigenvalue weighted by molar-refractivity contribution is -0.132. The molecule has 0 aromatic rings. The molecule has 5 nitrogen and oxygen atoms in total. The Kier molecular flexibility index (Phi) is 7.87. The number of rotatable bonds is 5. The van der Waals surface area contributed by atoms with E-state index < -0.39 is 14.8 Å². The first kappa shape index (κ1) is 16.0. The van der Waals surface area contributed by atoms with Crippen molar-refractivity contribution in [2.75, 3.05) is 21.3 Å². The van der Waals surface area contributed by atoms with E-state index in [4.69, 9.17) is 18.4 Å². The highest BCUT2D eigenvalue weighted by Crippen LogP contribution is 2.10. The van der Waals surface area contributed by atoms with Crippen LogP contribution in [0.1, 0.15) is 6.92 Å². The quantitative estimate of drug-likeness (QED) is 0.491. The van der Waals surface area contributed by atoms with Crippen LogP contribution < -0.4 is 0 Å². The molecule has 0 atom stereocenters. The minimum absolute atomic E-state index is 0. The van der Waals surface area contributed by atoms with E-state index in [0.29, 0.717) is 0 Å². The van der Waals surface area contributed by atoms with Crippen LogP contribution in [0.2, 0.25) is 0 Å². The zero-order chi connectivity index (χ0) is 10.5. The molecule has 0 bridgehead atoms. The molecule has 0 saturated heterocycles. The Morgan fingerprint density at radius 3 is 1.79 bits per heavy atom. The van der Waals surface area contributed by atoms with Gasteiger partial charge in [0.15, 0.2) is 0 Å². The SMILES string of the molecule is CO[Si](C=C(C)C(=O)O)(OC)OC.[SiH4]. The van der Waals surface area contributed by atoms with Crippen molar-refractivity contribution in [3.63, 3.8) is 0 Å². The highest BCUT2D eigenvalue weighted by molar-refractivity contribution is 6.66. The van der Waals surface area contributed by atoms with Crippen LogP contribution in [0, 0.1) is 0 Å². The molecule has 0 unspecified atom stereocenters. The molecule has 0 aliphatic carbocycles. The third-order valence-electron chi connectivity index (χ3n) is 1.58. The number of hydrogen-bond donors (Lipinski definition) is 1. The van der Waals surface area contributed by atoms with Gasteiger partial charge >= 0.3 is 14.8 Å². The van der Waals surface area contributed by atoms with E-state index in [2.05, 4.69) is 0 Å². The van der Waals surface area contributed by atoms with Gasteiger partial charge in [-0.2, -0.15) is 0 Å². The standard InChI is InChI=1S/C7H14O5Si.H4Si/c1-6(7(8)9)5-13(10-2,11-3)12-4;/h5H,1-4H3,(H,8,9);1H4. The Morgan fingerprint density at radius 1 is 1.21 bits per heavy atom. The predicted molar refractivity (Wildman–Crippen MR) is 59.5 cm³/mol. The number of aliphatic carboxylic acids is 1. The van der Waals surface area contributed by atoms with Crippen LogP contribution in [-0.4, -0.2) is 52.2 Å². The zero-order valence-corrected chi connectivity index (χ0v) is 9.16. The second-order valence-electron chi connectivity index (χ2n) is 2.35. The van der Waals surface area contributed by atoms with E-state index in [1.54, 1.807) is 0 Å². The van der Waals surface area contributed by atoms with Crippen LogP contribution in [0.4, 0.5) is 0 Å². The highest BCUT2D eigenvalue weighted by atomic mass is 28.4. The summed E-state index contributed by atoms with van der Waals surface area (Å²) in [4.78, 5) is 10.5. The molecule has 0 aromatic heterocycles. The zero-order valence-electron chi connectivity index (χ0n) is 8.16. The summed E-state index contributed by atoms with van der Waals surface area (Å²) >= 11 is 0. The van der Waals surface area contributed by atoms with Gasteiger partial charge in [0, 0.05) is 26.9 Å². The minimum Gasteiger partial charge on any atom is -0.478 e. The average Bonchev–Trinajstić information content (AvgIpc) is 2.14. The summed E-state index contributed by atoms with van der Waals surface area (Å²) in [6, 6.07) is 0. The summed E-state index contributed by atoms with van der Waals surface area (Å²) in [7, 11) is 1.38. The molecule has 14 heavy (non-hydrogen) atoms. The molecule has 0 radical (unpaired) electrons. The van der Waals surface area contributed by atoms with Gasteiger partial charge in [0.2, 0.25) is 0 Å². The maximum atomic E-state index is 10.5. The Labute approximate surface area is 89.1 Å². The lowest BCUT2D eigenvalue weighted by Crippen LogP contribution is -2.41. The summed E-state index contributed by atoms with van der Waals surface area (Å²) in [5.74, 6) is -1.01. The van der Waals surface area contributed by atoms with Gasteiger partial charge in [0.05, 0.1) is 0 Å². The van der Waals surface area contributed by atoms with Crippen LogP contribution in [-0.2, 0) is 18.1 Å². The van der Waals surface area contributed by atoms with Crippen molar-refractivity contribution < 1.29 is 23.2 Å². The van der Waals surface area contributed by atoms with Crippen molar-refractivity contribution in [2.24, 2.45) is 0 Å². The van der Waals surface area contributed by atoms with Crippen molar-refractivity contribution in [3.8, 4) is 0 Å². The first-order valence-electron chi connectivity index (χ1n) is 3.59. The first-order valence-corrected chi connectivity index (χ1v) is 5.39. The molecular weight excluding hydrogens is 220 g/mol. The molecule has 7 heteroatoms. The van der Waals surface area contributed by atoms with Gasteiger partial charge < -0.3 is 18.4 Å². The summed E-state index contributed by atoms with van der Waals surface area (Å²) in [6.07, 6.45) is 0. The summed E-state index contributed by atoms with van der Waals surface area (Å²) in [5.41, 5.74) is 1.53. The van der Waals surface area contributed by atoms with E-state index in [1.807, 2.05) is 0 Å². The van der Waals surface area contributed by atoms with Crippen LogP contribution in [0.5, 0.6) is 0 Å². The van der Waals surface area contributed by atoms with Crippen LogP contribution in [0.25, 0.3) is 0 Å². The van der Waals surface area contributed by atoms with Gasteiger partial charge in [0.1, 0.15) is 0 Å². The van der Waals surface area contributed by atoms with Crippen molar-refractivity contribution in [2.45, 2.75) is 6.92 Å².